The second-order valence-corrected chi connectivity index (χ2v) is 5.84. The number of nitrogen functional groups attached to an aromatic ring is 1. The number of nitrogens with two attached hydrogens (primary N) is 1. The van der Waals surface area contributed by atoms with Gasteiger partial charge in [-0.2, -0.15) is 0 Å². The Labute approximate surface area is 142 Å². The lowest BCUT2D eigenvalue weighted by Crippen LogP contribution is -2.14. The van der Waals surface area contributed by atoms with Gasteiger partial charge in [-0.1, -0.05) is 48.5 Å². The van der Waals surface area contributed by atoms with Crippen LogP contribution in [0.25, 0.3) is 0 Å². The zero-order chi connectivity index (χ0) is 16.9. The number of rotatable bonds is 4. The van der Waals surface area contributed by atoms with Gasteiger partial charge in [-0.05, 0) is 54.3 Å². The lowest BCUT2D eigenvalue weighted by molar-refractivity contribution is 0.102. The molecule has 0 aliphatic heterocycles. The zero-order valence-corrected chi connectivity index (χ0v) is 13.6. The third-order valence-corrected chi connectivity index (χ3v) is 4.03. The van der Waals surface area contributed by atoms with E-state index in [-0.39, 0.29) is 5.91 Å². The predicted octanol–water partition coefficient (Wildman–Crippen LogP) is 4.42. The number of hydrogen-bond donors (Lipinski definition) is 2. The number of amides is 1. The number of para-hydroxylation sites is 1. The summed E-state index contributed by atoms with van der Waals surface area (Å²) >= 11 is 0. The molecule has 0 spiro atoms. The summed E-state index contributed by atoms with van der Waals surface area (Å²) in [6.07, 6.45) is 0.741. The van der Waals surface area contributed by atoms with Crippen molar-refractivity contribution >= 4 is 17.3 Å². The van der Waals surface area contributed by atoms with E-state index in [0.29, 0.717) is 5.56 Å². The van der Waals surface area contributed by atoms with E-state index in [1.165, 1.54) is 0 Å². The van der Waals surface area contributed by atoms with Crippen LogP contribution in [-0.2, 0) is 6.42 Å². The van der Waals surface area contributed by atoms with Crippen molar-refractivity contribution in [1.82, 2.24) is 0 Å². The minimum atomic E-state index is -0.0853. The van der Waals surface area contributed by atoms with Gasteiger partial charge in [0.25, 0.3) is 5.91 Å². The maximum Gasteiger partial charge on any atom is 0.255 e. The molecule has 0 saturated carbocycles. The molecule has 0 heterocycles. The molecule has 120 valence electrons. The van der Waals surface area contributed by atoms with Gasteiger partial charge in [0, 0.05) is 16.9 Å². The van der Waals surface area contributed by atoms with Gasteiger partial charge in [0.1, 0.15) is 0 Å². The molecule has 3 aromatic carbocycles. The van der Waals surface area contributed by atoms with E-state index in [9.17, 15) is 4.79 Å². The summed E-state index contributed by atoms with van der Waals surface area (Å²) in [5.74, 6) is -0.0853. The summed E-state index contributed by atoms with van der Waals surface area (Å²) in [6, 6.07) is 23.3. The lowest BCUT2D eigenvalue weighted by Gasteiger charge is -2.12. The second-order valence-electron chi connectivity index (χ2n) is 5.84. The van der Waals surface area contributed by atoms with Crippen LogP contribution in [0.15, 0.2) is 72.8 Å². The highest BCUT2D eigenvalue weighted by atomic mass is 16.1. The van der Waals surface area contributed by atoms with Crippen LogP contribution >= 0.6 is 0 Å². The Hall–Kier alpha value is -3.07. The van der Waals surface area contributed by atoms with E-state index in [0.717, 1.165) is 34.5 Å². The standard InChI is InChI=1S/C21H20N2O/c1-15-6-2-4-8-19(15)21(24)23-20-9-5-3-7-17(20)14-16-10-12-18(22)13-11-16/h2-13H,14,22H2,1H3,(H,23,24). The van der Waals surface area contributed by atoms with Crippen LogP contribution in [0.1, 0.15) is 27.0 Å². The molecular formula is C21H20N2O. The number of aryl methyl sites for hydroxylation is 1. The molecule has 0 fully saturated rings. The van der Waals surface area contributed by atoms with Gasteiger partial charge in [0.05, 0.1) is 0 Å². The van der Waals surface area contributed by atoms with Crippen LogP contribution in [0.4, 0.5) is 11.4 Å². The Morgan fingerprint density at radius 1 is 0.917 bits per heavy atom. The molecule has 3 aromatic rings. The molecule has 0 saturated heterocycles. The van der Waals surface area contributed by atoms with Crippen molar-refractivity contribution in [2.45, 2.75) is 13.3 Å². The normalized spacial score (nSPS) is 10.4. The maximum absolute atomic E-state index is 12.6. The van der Waals surface area contributed by atoms with Gasteiger partial charge < -0.3 is 11.1 Å². The smallest absolute Gasteiger partial charge is 0.255 e. The highest BCUT2D eigenvalue weighted by molar-refractivity contribution is 6.05. The molecule has 1 amide bonds. The molecule has 0 aliphatic carbocycles. The van der Waals surface area contributed by atoms with Crippen molar-refractivity contribution in [3.05, 3.63) is 95.1 Å². The van der Waals surface area contributed by atoms with Crippen molar-refractivity contribution in [2.24, 2.45) is 0 Å². The van der Waals surface area contributed by atoms with E-state index >= 15 is 0 Å². The number of carbonyl (C=O) groups excluding carboxylic acids is 1. The van der Waals surface area contributed by atoms with Crippen LogP contribution < -0.4 is 11.1 Å². The first-order valence-electron chi connectivity index (χ1n) is 7.93. The SMILES string of the molecule is Cc1ccccc1C(=O)Nc1ccccc1Cc1ccc(N)cc1. The Kier molecular flexibility index (Phi) is 4.62. The van der Waals surface area contributed by atoms with Crippen molar-refractivity contribution in [1.29, 1.82) is 0 Å². The molecule has 0 bridgehead atoms. The molecule has 3 heteroatoms. The Morgan fingerprint density at radius 2 is 1.58 bits per heavy atom. The van der Waals surface area contributed by atoms with Gasteiger partial charge in [0.2, 0.25) is 0 Å². The van der Waals surface area contributed by atoms with Gasteiger partial charge in [-0.3, -0.25) is 4.79 Å². The van der Waals surface area contributed by atoms with Gasteiger partial charge in [0.15, 0.2) is 0 Å². The Morgan fingerprint density at radius 3 is 2.33 bits per heavy atom. The summed E-state index contributed by atoms with van der Waals surface area (Å²) in [5, 5.41) is 3.04. The minimum absolute atomic E-state index is 0.0853. The van der Waals surface area contributed by atoms with Crippen LogP contribution in [0.3, 0.4) is 0 Å². The number of benzene rings is 3. The van der Waals surface area contributed by atoms with Crippen molar-refractivity contribution in [3.63, 3.8) is 0 Å². The van der Waals surface area contributed by atoms with Crippen LogP contribution in [-0.4, -0.2) is 5.91 Å². The Balaban J connectivity index is 1.83. The average Bonchev–Trinajstić information content (AvgIpc) is 2.59. The third-order valence-electron chi connectivity index (χ3n) is 4.03. The van der Waals surface area contributed by atoms with Crippen LogP contribution in [0, 0.1) is 6.92 Å². The van der Waals surface area contributed by atoms with Gasteiger partial charge >= 0.3 is 0 Å². The number of carbonyl (C=O) groups is 1. The number of anilines is 2. The predicted molar refractivity (Wildman–Crippen MR) is 99.2 cm³/mol. The molecule has 3 N–H and O–H groups in total. The van der Waals surface area contributed by atoms with E-state index in [1.807, 2.05) is 79.7 Å². The van der Waals surface area contributed by atoms with E-state index in [2.05, 4.69) is 5.32 Å². The molecule has 0 unspecified atom stereocenters. The molecule has 0 aromatic heterocycles. The van der Waals surface area contributed by atoms with Crippen molar-refractivity contribution in [2.75, 3.05) is 11.1 Å². The van der Waals surface area contributed by atoms with Crippen LogP contribution in [0.2, 0.25) is 0 Å². The monoisotopic (exact) mass is 316 g/mol. The number of hydrogen-bond acceptors (Lipinski definition) is 2. The molecule has 24 heavy (non-hydrogen) atoms. The number of nitrogens with one attached hydrogen (secondary N) is 1. The third kappa shape index (κ3) is 3.63. The summed E-state index contributed by atoms with van der Waals surface area (Å²) in [4.78, 5) is 12.6. The lowest BCUT2D eigenvalue weighted by atomic mass is 10.0. The first kappa shape index (κ1) is 15.8. The van der Waals surface area contributed by atoms with Crippen LogP contribution in [0.5, 0.6) is 0 Å². The van der Waals surface area contributed by atoms with Gasteiger partial charge in [-0.15, -0.1) is 0 Å². The van der Waals surface area contributed by atoms with E-state index in [4.69, 9.17) is 5.73 Å². The van der Waals surface area contributed by atoms with Crippen molar-refractivity contribution in [3.8, 4) is 0 Å². The fraction of sp³-hybridized carbons (Fsp3) is 0.0952. The first-order chi connectivity index (χ1) is 11.6. The molecule has 3 rings (SSSR count). The zero-order valence-electron chi connectivity index (χ0n) is 13.6. The first-order valence-corrected chi connectivity index (χ1v) is 7.93. The topological polar surface area (TPSA) is 55.1 Å². The van der Waals surface area contributed by atoms with Gasteiger partial charge in [-0.25, -0.2) is 0 Å². The highest BCUT2D eigenvalue weighted by Gasteiger charge is 2.11. The summed E-state index contributed by atoms with van der Waals surface area (Å²) < 4.78 is 0. The molecule has 3 nitrogen and oxygen atoms in total. The summed E-state index contributed by atoms with van der Waals surface area (Å²) in [7, 11) is 0. The fourth-order valence-corrected chi connectivity index (χ4v) is 2.67. The summed E-state index contributed by atoms with van der Waals surface area (Å²) in [5.41, 5.74) is 11.2. The van der Waals surface area contributed by atoms with E-state index in [1.54, 1.807) is 0 Å². The maximum atomic E-state index is 12.6. The Bertz CT molecular complexity index is 854. The second kappa shape index (κ2) is 7.01. The summed E-state index contributed by atoms with van der Waals surface area (Å²) in [6.45, 7) is 1.94. The average molecular weight is 316 g/mol. The minimum Gasteiger partial charge on any atom is -0.399 e. The molecule has 0 radical (unpaired) electrons. The molecule has 0 aliphatic rings. The molecular weight excluding hydrogens is 296 g/mol. The van der Waals surface area contributed by atoms with Crippen molar-refractivity contribution < 1.29 is 4.79 Å². The highest BCUT2D eigenvalue weighted by Crippen LogP contribution is 2.21. The quantitative estimate of drug-likeness (QED) is 0.700. The largest absolute Gasteiger partial charge is 0.399 e. The molecule has 0 atom stereocenters. The fourth-order valence-electron chi connectivity index (χ4n) is 2.67. The van der Waals surface area contributed by atoms with E-state index < -0.39 is 0 Å².